The molecule has 0 unspecified atom stereocenters. The van der Waals surface area contributed by atoms with Crippen molar-refractivity contribution in [2.45, 2.75) is 26.7 Å². The third-order valence-corrected chi connectivity index (χ3v) is 4.16. The number of halogens is 1. The predicted molar refractivity (Wildman–Crippen MR) is 83.9 cm³/mol. The zero-order valence-electron chi connectivity index (χ0n) is 12.1. The molecule has 4 nitrogen and oxygen atoms in total. The number of nitrogens with two attached hydrogens (primary N) is 1. The van der Waals surface area contributed by atoms with Gasteiger partial charge in [-0.05, 0) is 49.5 Å². The second-order valence-electron chi connectivity index (χ2n) is 6.23. The Morgan fingerprint density at radius 3 is 2.65 bits per heavy atom. The van der Waals surface area contributed by atoms with Gasteiger partial charge in [-0.3, -0.25) is 9.69 Å². The van der Waals surface area contributed by atoms with E-state index in [1.165, 1.54) is 0 Å². The summed E-state index contributed by atoms with van der Waals surface area (Å²) in [5.74, 6) is -0.0311. The Bertz CT molecular complexity index is 492. The summed E-state index contributed by atoms with van der Waals surface area (Å²) >= 11 is 6.05. The third kappa shape index (κ3) is 4.12. The van der Waals surface area contributed by atoms with Crippen LogP contribution in [0.3, 0.4) is 0 Å². The van der Waals surface area contributed by atoms with E-state index in [0.717, 1.165) is 25.9 Å². The summed E-state index contributed by atoms with van der Waals surface area (Å²) in [6.07, 6.45) is 2.26. The summed E-state index contributed by atoms with van der Waals surface area (Å²) in [6, 6.07) is 5.10. The van der Waals surface area contributed by atoms with E-state index >= 15 is 0 Å². The lowest BCUT2D eigenvalue weighted by Crippen LogP contribution is -2.41. The average Bonchev–Trinajstić information content (AvgIpc) is 2.35. The molecule has 0 aliphatic carbocycles. The Labute approximate surface area is 125 Å². The van der Waals surface area contributed by atoms with Crippen LogP contribution in [0.5, 0.6) is 0 Å². The van der Waals surface area contributed by atoms with Gasteiger partial charge in [-0.1, -0.05) is 25.4 Å². The second kappa shape index (κ2) is 6.02. The van der Waals surface area contributed by atoms with E-state index in [1.54, 1.807) is 18.2 Å². The molecule has 3 N–H and O–H groups in total. The largest absolute Gasteiger partial charge is 0.399 e. The van der Waals surface area contributed by atoms with Gasteiger partial charge in [0.2, 0.25) is 5.91 Å². The molecule has 0 bridgehead atoms. The summed E-state index contributed by atoms with van der Waals surface area (Å²) in [6.45, 7) is 6.90. The molecule has 1 aliphatic heterocycles. The van der Waals surface area contributed by atoms with Gasteiger partial charge in [0.1, 0.15) is 0 Å². The van der Waals surface area contributed by atoms with Crippen LogP contribution in [0.1, 0.15) is 26.7 Å². The minimum Gasteiger partial charge on any atom is -0.399 e. The maximum absolute atomic E-state index is 12.0. The molecule has 0 aromatic heterocycles. The smallest absolute Gasteiger partial charge is 0.238 e. The quantitative estimate of drug-likeness (QED) is 0.843. The number of hydrogen-bond donors (Lipinski definition) is 2. The molecule has 1 aliphatic rings. The molecule has 0 saturated carbocycles. The number of benzene rings is 1. The Morgan fingerprint density at radius 2 is 2.05 bits per heavy atom. The highest BCUT2D eigenvalue weighted by Crippen LogP contribution is 2.29. The summed E-state index contributed by atoms with van der Waals surface area (Å²) in [4.78, 5) is 14.2. The number of likely N-dealkylation sites (tertiary alicyclic amines) is 1. The van der Waals surface area contributed by atoms with Gasteiger partial charge in [-0.15, -0.1) is 0 Å². The molecule has 1 aromatic rings. The summed E-state index contributed by atoms with van der Waals surface area (Å²) in [5.41, 5.74) is 7.23. The van der Waals surface area contributed by atoms with Crippen LogP contribution in [0.25, 0.3) is 0 Å². The number of amides is 1. The van der Waals surface area contributed by atoms with Gasteiger partial charge < -0.3 is 11.1 Å². The number of hydrogen-bond acceptors (Lipinski definition) is 3. The number of piperidine rings is 1. The fraction of sp³-hybridized carbons (Fsp3) is 0.533. The highest BCUT2D eigenvalue weighted by atomic mass is 35.5. The van der Waals surface area contributed by atoms with Gasteiger partial charge in [-0.25, -0.2) is 0 Å². The zero-order valence-corrected chi connectivity index (χ0v) is 12.8. The van der Waals surface area contributed by atoms with Crippen LogP contribution in [0.15, 0.2) is 18.2 Å². The average molecular weight is 296 g/mol. The van der Waals surface area contributed by atoms with Crippen molar-refractivity contribution in [1.29, 1.82) is 0 Å². The molecule has 20 heavy (non-hydrogen) atoms. The summed E-state index contributed by atoms with van der Waals surface area (Å²) in [5, 5.41) is 3.31. The van der Waals surface area contributed by atoms with E-state index in [1.807, 2.05) is 0 Å². The number of carbonyl (C=O) groups is 1. The standard InChI is InChI=1S/C15H22ClN3O/c1-15(2)5-7-19(8-6-15)10-14(20)18-13-4-3-11(17)9-12(13)16/h3-4,9H,5-8,10,17H2,1-2H3,(H,18,20). The van der Waals surface area contributed by atoms with Gasteiger partial charge in [-0.2, -0.15) is 0 Å². The van der Waals surface area contributed by atoms with Gasteiger partial charge in [0.05, 0.1) is 17.3 Å². The Balaban J connectivity index is 1.87. The topological polar surface area (TPSA) is 58.4 Å². The normalized spacial score (nSPS) is 18.8. The third-order valence-electron chi connectivity index (χ3n) is 3.84. The van der Waals surface area contributed by atoms with E-state index in [9.17, 15) is 4.79 Å². The Morgan fingerprint density at radius 1 is 1.40 bits per heavy atom. The number of anilines is 2. The molecule has 2 rings (SSSR count). The van der Waals surface area contributed by atoms with E-state index in [0.29, 0.717) is 28.4 Å². The lowest BCUT2D eigenvalue weighted by atomic mass is 9.83. The van der Waals surface area contributed by atoms with Crippen molar-refractivity contribution < 1.29 is 4.79 Å². The first-order valence-electron chi connectivity index (χ1n) is 6.93. The molecule has 0 spiro atoms. The Hall–Kier alpha value is -1.26. The van der Waals surface area contributed by atoms with Crippen molar-refractivity contribution >= 4 is 28.9 Å². The predicted octanol–water partition coefficient (Wildman–Crippen LogP) is 2.98. The summed E-state index contributed by atoms with van der Waals surface area (Å²) in [7, 11) is 0. The van der Waals surface area contributed by atoms with Crippen LogP contribution < -0.4 is 11.1 Å². The molecule has 0 radical (unpaired) electrons. The van der Waals surface area contributed by atoms with Crippen molar-refractivity contribution in [3.63, 3.8) is 0 Å². The molecule has 0 atom stereocenters. The van der Waals surface area contributed by atoms with Crippen LogP contribution in [-0.4, -0.2) is 30.4 Å². The molecule has 1 saturated heterocycles. The highest BCUT2D eigenvalue weighted by molar-refractivity contribution is 6.34. The minimum atomic E-state index is -0.0311. The summed E-state index contributed by atoms with van der Waals surface area (Å²) < 4.78 is 0. The molecule has 1 aromatic carbocycles. The first-order chi connectivity index (χ1) is 9.35. The second-order valence-corrected chi connectivity index (χ2v) is 6.64. The van der Waals surface area contributed by atoms with Gasteiger partial charge >= 0.3 is 0 Å². The fourth-order valence-electron chi connectivity index (χ4n) is 2.34. The minimum absolute atomic E-state index is 0.0311. The number of nitrogen functional groups attached to an aromatic ring is 1. The highest BCUT2D eigenvalue weighted by Gasteiger charge is 2.26. The number of rotatable bonds is 3. The van der Waals surface area contributed by atoms with E-state index in [2.05, 4.69) is 24.1 Å². The molecule has 1 amide bonds. The maximum atomic E-state index is 12.0. The number of carbonyl (C=O) groups excluding carboxylic acids is 1. The zero-order chi connectivity index (χ0) is 14.8. The van der Waals surface area contributed by atoms with Crippen LogP contribution in [0.4, 0.5) is 11.4 Å². The van der Waals surface area contributed by atoms with Crippen LogP contribution in [0.2, 0.25) is 5.02 Å². The number of nitrogens with one attached hydrogen (secondary N) is 1. The van der Waals surface area contributed by atoms with Crippen molar-refractivity contribution in [1.82, 2.24) is 4.90 Å². The molecule has 5 heteroatoms. The van der Waals surface area contributed by atoms with Gasteiger partial charge in [0.25, 0.3) is 0 Å². The first kappa shape index (κ1) is 15.1. The molecule has 1 heterocycles. The molecule has 110 valence electrons. The van der Waals surface area contributed by atoms with Gasteiger partial charge in [0, 0.05) is 5.69 Å². The van der Waals surface area contributed by atoms with E-state index in [4.69, 9.17) is 17.3 Å². The number of nitrogens with zero attached hydrogens (tertiary/aromatic N) is 1. The van der Waals surface area contributed by atoms with Gasteiger partial charge in [0.15, 0.2) is 0 Å². The molecular formula is C15H22ClN3O. The fourth-order valence-corrected chi connectivity index (χ4v) is 2.58. The molecular weight excluding hydrogens is 274 g/mol. The van der Waals surface area contributed by atoms with Crippen molar-refractivity contribution in [2.24, 2.45) is 5.41 Å². The SMILES string of the molecule is CC1(C)CCN(CC(=O)Nc2ccc(N)cc2Cl)CC1. The monoisotopic (exact) mass is 295 g/mol. The van der Waals surface area contributed by atoms with Crippen molar-refractivity contribution in [3.8, 4) is 0 Å². The lowest BCUT2D eigenvalue weighted by molar-refractivity contribution is -0.117. The van der Waals surface area contributed by atoms with Crippen molar-refractivity contribution in [3.05, 3.63) is 23.2 Å². The Kier molecular flexibility index (Phi) is 4.55. The van der Waals surface area contributed by atoms with E-state index < -0.39 is 0 Å². The van der Waals surface area contributed by atoms with Crippen molar-refractivity contribution in [2.75, 3.05) is 30.7 Å². The lowest BCUT2D eigenvalue weighted by Gasteiger charge is -2.36. The van der Waals surface area contributed by atoms with Crippen LogP contribution in [-0.2, 0) is 4.79 Å². The van der Waals surface area contributed by atoms with E-state index in [-0.39, 0.29) is 5.91 Å². The molecule has 1 fully saturated rings. The maximum Gasteiger partial charge on any atom is 0.238 e. The first-order valence-corrected chi connectivity index (χ1v) is 7.31. The van der Waals surface area contributed by atoms with Crippen LogP contribution >= 0.6 is 11.6 Å². The van der Waals surface area contributed by atoms with Crippen LogP contribution in [0, 0.1) is 5.41 Å².